The van der Waals surface area contributed by atoms with Crippen LogP contribution >= 0.6 is 11.8 Å². The number of ketones is 1. The van der Waals surface area contributed by atoms with Crippen molar-refractivity contribution in [1.29, 1.82) is 0 Å². The molecule has 0 spiro atoms. The summed E-state index contributed by atoms with van der Waals surface area (Å²) in [7, 11) is 0. The van der Waals surface area contributed by atoms with Gasteiger partial charge in [-0.2, -0.15) is 0 Å². The molecule has 0 saturated carbocycles. The van der Waals surface area contributed by atoms with Crippen LogP contribution in [0.4, 0.5) is 0 Å². The Hall–Kier alpha value is -2.40. The van der Waals surface area contributed by atoms with Gasteiger partial charge < -0.3 is 0 Å². The fourth-order valence-electron chi connectivity index (χ4n) is 3.46. The highest BCUT2D eigenvalue weighted by molar-refractivity contribution is 7.99. The highest BCUT2D eigenvalue weighted by atomic mass is 32.2. The first-order valence-corrected chi connectivity index (χ1v) is 9.87. The Balaban J connectivity index is 1.53. The van der Waals surface area contributed by atoms with Crippen LogP contribution in [0.3, 0.4) is 0 Å². The summed E-state index contributed by atoms with van der Waals surface area (Å²) in [5.74, 6) is 1.33. The number of hydrogen-bond donors (Lipinski definition) is 0. The zero-order valence-electron chi connectivity index (χ0n) is 15.0. The van der Waals surface area contributed by atoms with E-state index in [4.69, 9.17) is 0 Å². The highest BCUT2D eigenvalue weighted by Gasteiger charge is 2.17. The number of hydrogen-bond acceptors (Lipinski definition) is 4. The number of fused-ring (bicyclic) bond motifs is 1. The Labute approximate surface area is 157 Å². The van der Waals surface area contributed by atoms with Crippen molar-refractivity contribution < 1.29 is 4.79 Å². The second kappa shape index (κ2) is 7.08. The molecule has 3 aromatic rings. The van der Waals surface area contributed by atoms with Crippen molar-refractivity contribution in [2.45, 2.75) is 38.3 Å². The third-order valence-electron chi connectivity index (χ3n) is 4.81. The molecule has 1 heterocycles. The maximum Gasteiger partial charge on any atom is 0.196 e. The lowest BCUT2D eigenvalue weighted by molar-refractivity contribution is 0.102. The standard InChI is InChI=1S/C21H21N3OS/c1-14-5-3-8-19(11-14)24-15(2)22-23-21(24)26-13-20(25)18-10-9-16-6-4-7-17(16)12-18/h3,5,8-12H,4,6-7,13H2,1-2H3. The number of carbonyl (C=O) groups excluding carboxylic acids is 1. The molecule has 132 valence electrons. The molecule has 0 bridgehead atoms. The Kier molecular flexibility index (Phi) is 4.64. The summed E-state index contributed by atoms with van der Waals surface area (Å²) in [5, 5.41) is 9.22. The van der Waals surface area contributed by atoms with Gasteiger partial charge in [-0.25, -0.2) is 0 Å². The monoisotopic (exact) mass is 363 g/mol. The Morgan fingerprint density at radius 1 is 1.08 bits per heavy atom. The quantitative estimate of drug-likeness (QED) is 0.499. The molecule has 0 unspecified atom stereocenters. The van der Waals surface area contributed by atoms with Gasteiger partial charge in [0, 0.05) is 11.3 Å². The molecule has 0 aliphatic heterocycles. The number of Topliss-reactive ketones (excluding diaryl/α,β-unsaturated/α-hetero) is 1. The van der Waals surface area contributed by atoms with E-state index in [2.05, 4.69) is 41.4 Å². The molecule has 26 heavy (non-hydrogen) atoms. The molecule has 0 saturated heterocycles. The third-order valence-corrected chi connectivity index (χ3v) is 5.74. The van der Waals surface area contributed by atoms with Gasteiger partial charge in [-0.15, -0.1) is 10.2 Å². The van der Waals surface area contributed by atoms with Gasteiger partial charge in [0.15, 0.2) is 10.9 Å². The van der Waals surface area contributed by atoms with Crippen LogP contribution in [0.1, 0.15) is 39.3 Å². The average molecular weight is 363 g/mol. The molecule has 0 radical (unpaired) electrons. The van der Waals surface area contributed by atoms with Gasteiger partial charge >= 0.3 is 0 Å². The predicted octanol–water partition coefficient (Wildman–Crippen LogP) is 4.35. The van der Waals surface area contributed by atoms with Crippen molar-refractivity contribution in [2.24, 2.45) is 0 Å². The van der Waals surface area contributed by atoms with E-state index in [0.717, 1.165) is 35.1 Å². The van der Waals surface area contributed by atoms with Crippen molar-refractivity contribution >= 4 is 17.5 Å². The fourth-order valence-corrected chi connectivity index (χ4v) is 4.35. The van der Waals surface area contributed by atoms with Crippen LogP contribution < -0.4 is 0 Å². The number of aromatic nitrogens is 3. The minimum absolute atomic E-state index is 0.140. The number of rotatable bonds is 5. The molecule has 4 nitrogen and oxygen atoms in total. The topological polar surface area (TPSA) is 47.8 Å². The summed E-state index contributed by atoms with van der Waals surface area (Å²) in [6.07, 6.45) is 3.42. The van der Waals surface area contributed by atoms with E-state index in [1.54, 1.807) is 0 Å². The first-order valence-electron chi connectivity index (χ1n) is 8.89. The molecular weight excluding hydrogens is 342 g/mol. The minimum Gasteiger partial charge on any atom is -0.293 e. The van der Waals surface area contributed by atoms with Gasteiger partial charge in [0.25, 0.3) is 0 Å². The first kappa shape index (κ1) is 17.0. The molecule has 0 amide bonds. The lowest BCUT2D eigenvalue weighted by atomic mass is 10.0. The van der Waals surface area contributed by atoms with Crippen LogP contribution in [0.25, 0.3) is 5.69 Å². The summed E-state index contributed by atoms with van der Waals surface area (Å²) in [4.78, 5) is 12.6. The molecule has 0 fully saturated rings. The number of benzene rings is 2. The summed E-state index contributed by atoms with van der Waals surface area (Å²) in [6, 6.07) is 14.4. The number of thioether (sulfide) groups is 1. The van der Waals surface area contributed by atoms with Crippen molar-refractivity contribution in [3.8, 4) is 5.69 Å². The largest absolute Gasteiger partial charge is 0.293 e. The van der Waals surface area contributed by atoms with Gasteiger partial charge in [0.1, 0.15) is 5.82 Å². The SMILES string of the molecule is Cc1cccc(-n2c(C)nnc2SCC(=O)c2ccc3c(c2)CCC3)c1. The summed E-state index contributed by atoms with van der Waals surface area (Å²) >= 11 is 1.44. The maximum absolute atomic E-state index is 12.6. The normalized spacial score (nSPS) is 13.0. The minimum atomic E-state index is 0.140. The zero-order valence-corrected chi connectivity index (χ0v) is 15.8. The Bertz CT molecular complexity index is 977. The Morgan fingerprint density at radius 3 is 2.77 bits per heavy atom. The molecule has 1 aliphatic carbocycles. The van der Waals surface area contributed by atoms with Gasteiger partial charge in [0.2, 0.25) is 0 Å². The van der Waals surface area contributed by atoms with Gasteiger partial charge in [-0.1, -0.05) is 36.0 Å². The van der Waals surface area contributed by atoms with Crippen molar-refractivity contribution in [2.75, 3.05) is 5.75 Å². The van der Waals surface area contributed by atoms with Crippen LogP contribution in [-0.2, 0) is 12.8 Å². The van der Waals surface area contributed by atoms with Gasteiger partial charge in [0.05, 0.1) is 5.75 Å². The number of carbonyl (C=O) groups is 1. The van der Waals surface area contributed by atoms with Gasteiger partial charge in [-0.3, -0.25) is 9.36 Å². The molecule has 1 aliphatic rings. The van der Waals surface area contributed by atoms with Crippen molar-refractivity contribution in [3.05, 3.63) is 70.5 Å². The smallest absolute Gasteiger partial charge is 0.196 e. The van der Waals surface area contributed by atoms with Crippen LogP contribution in [0.15, 0.2) is 47.6 Å². The second-order valence-corrected chi connectivity index (χ2v) is 7.70. The third kappa shape index (κ3) is 3.31. The van der Waals surface area contributed by atoms with E-state index < -0.39 is 0 Å². The summed E-state index contributed by atoms with van der Waals surface area (Å²) in [5.41, 5.74) is 5.74. The average Bonchev–Trinajstić information content (AvgIpc) is 3.25. The number of nitrogens with zero attached hydrogens (tertiary/aromatic N) is 3. The zero-order chi connectivity index (χ0) is 18.1. The van der Waals surface area contributed by atoms with E-state index in [1.165, 1.54) is 34.9 Å². The molecular formula is C21H21N3OS. The molecule has 5 heteroatoms. The molecule has 2 aromatic carbocycles. The van der Waals surface area contributed by atoms with E-state index in [-0.39, 0.29) is 5.78 Å². The fraction of sp³-hybridized carbons (Fsp3) is 0.286. The van der Waals surface area contributed by atoms with Crippen molar-refractivity contribution in [3.63, 3.8) is 0 Å². The van der Waals surface area contributed by atoms with Crippen LogP contribution in [0.5, 0.6) is 0 Å². The Morgan fingerprint density at radius 2 is 1.92 bits per heavy atom. The number of aryl methyl sites for hydroxylation is 4. The van der Waals surface area contributed by atoms with E-state index in [0.29, 0.717) is 5.75 Å². The first-order chi connectivity index (χ1) is 12.6. The van der Waals surface area contributed by atoms with Crippen molar-refractivity contribution in [1.82, 2.24) is 14.8 Å². The van der Waals surface area contributed by atoms with Gasteiger partial charge in [-0.05, 0) is 68.0 Å². The predicted molar refractivity (Wildman–Crippen MR) is 104 cm³/mol. The molecule has 0 atom stereocenters. The van der Waals surface area contributed by atoms with Crippen LogP contribution in [-0.4, -0.2) is 26.3 Å². The van der Waals surface area contributed by atoms with E-state index in [9.17, 15) is 4.79 Å². The second-order valence-electron chi connectivity index (χ2n) is 6.75. The van der Waals surface area contributed by atoms with E-state index in [1.807, 2.05) is 29.7 Å². The maximum atomic E-state index is 12.6. The van der Waals surface area contributed by atoms with E-state index >= 15 is 0 Å². The molecule has 1 aromatic heterocycles. The summed E-state index contributed by atoms with van der Waals surface area (Å²) in [6.45, 7) is 4.00. The summed E-state index contributed by atoms with van der Waals surface area (Å²) < 4.78 is 2.01. The molecule has 0 N–H and O–H groups in total. The highest BCUT2D eigenvalue weighted by Crippen LogP contribution is 2.26. The lowest BCUT2D eigenvalue weighted by Crippen LogP contribution is -2.05. The molecule has 4 rings (SSSR count). The van der Waals surface area contributed by atoms with Crippen LogP contribution in [0, 0.1) is 13.8 Å². The lowest BCUT2D eigenvalue weighted by Gasteiger charge is -2.09. The van der Waals surface area contributed by atoms with Crippen LogP contribution in [0.2, 0.25) is 0 Å².